The molecule has 1 N–H and O–H groups in total. The first-order valence-corrected chi connectivity index (χ1v) is 11.1. The van der Waals surface area contributed by atoms with Crippen LogP contribution in [0.2, 0.25) is 0 Å². The highest BCUT2D eigenvalue weighted by atomic mass is 32.2. The van der Waals surface area contributed by atoms with Gasteiger partial charge in [0, 0.05) is 32.1 Å². The van der Waals surface area contributed by atoms with Crippen LogP contribution in [0.5, 0.6) is 0 Å². The van der Waals surface area contributed by atoms with Crippen molar-refractivity contribution in [2.75, 3.05) is 36.4 Å². The number of nitrogens with one attached hydrogen (secondary N) is 1. The van der Waals surface area contributed by atoms with Gasteiger partial charge in [-0.3, -0.25) is 4.79 Å². The summed E-state index contributed by atoms with van der Waals surface area (Å²) < 4.78 is 27.2. The summed E-state index contributed by atoms with van der Waals surface area (Å²) >= 11 is 0. The van der Waals surface area contributed by atoms with E-state index in [1.54, 1.807) is 12.1 Å². The van der Waals surface area contributed by atoms with Crippen molar-refractivity contribution in [1.82, 2.24) is 4.31 Å². The number of hydrogen-bond donors (Lipinski definition) is 1. The summed E-state index contributed by atoms with van der Waals surface area (Å²) in [4.78, 5) is 14.9. The lowest BCUT2D eigenvalue weighted by atomic mass is 9.85. The molecule has 0 radical (unpaired) electrons. The zero-order valence-electron chi connectivity index (χ0n) is 15.7. The molecule has 2 fully saturated rings. The lowest BCUT2D eigenvalue weighted by Crippen LogP contribution is -2.31. The van der Waals surface area contributed by atoms with Gasteiger partial charge in [0.2, 0.25) is 15.9 Å². The fourth-order valence-corrected chi connectivity index (χ4v) is 5.11. The first-order valence-electron chi connectivity index (χ1n) is 9.67. The molecule has 2 aliphatic rings. The summed E-state index contributed by atoms with van der Waals surface area (Å²) in [7, 11) is -3.55. The molecule has 1 aromatic carbocycles. The van der Waals surface area contributed by atoms with Gasteiger partial charge in [0.25, 0.3) is 0 Å². The van der Waals surface area contributed by atoms with E-state index in [2.05, 4.69) is 10.2 Å². The number of carbonyl (C=O) groups excluding carboxylic acids is 1. The summed E-state index contributed by atoms with van der Waals surface area (Å²) in [5.41, 5.74) is 1.55. The summed E-state index contributed by atoms with van der Waals surface area (Å²) in [5.74, 6) is 0.0681. The Hall–Kier alpha value is -1.60. The largest absolute Gasteiger partial charge is 0.370 e. The lowest BCUT2D eigenvalue weighted by molar-refractivity contribution is -0.122. The standard InChI is InChI=1S/C19H29N3O3S/c1-3-22(4-2)26(24,25)16-10-11-18(21-12-5-6-13-21)17(14-16)20-19(23)15-8-7-9-15/h10-11,14-15H,3-9,12-13H2,1-2H3,(H,20,23). The Kier molecular flexibility index (Phi) is 5.87. The minimum absolute atomic E-state index is 0.00841. The van der Waals surface area contributed by atoms with Crippen LogP contribution in [-0.4, -0.2) is 44.8 Å². The second kappa shape index (κ2) is 7.96. The summed E-state index contributed by atoms with van der Waals surface area (Å²) in [5, 5.41) is 3.01. The molecule has 26 heavy (non-hydrogen) atoms. The van der Waals surface area contributed by atoms with Crippen LogP contribution < -0.4 is 10.2 Å². The zero-order valence-corrected chi connectivity index (χ0v) is 16.5. The highest BCUT2D eigenvalue weighted by Crippen LogP contribution is 2.34. The van der Waals surface area contributed by atoms with Gasteiger partial charge >= 0.3 is 0 Å². The SMILES string of the molecule is CCN(CC)S(=O)(=O)c1ccc(N2CCCC2)c(NC(=O)C2CCC2)c1. The van der Waals surface area contributed by atoms with Gasteiger partial charge in [0.05, 0.1) is 16.3 Å². The predicted octanol–water partition coefficient (Wildman–Crippen LogP) is 3.06. The smallest absolute Gasteiger partial charge is 0.243 e. The van der Waals surface area contributed by atoms with E-state index in [4.69, 9.17) is 0 Å². The predicted molar refractivity (Wildman–Crippen MR) is 104 cm³/mol. The maximum Gasteiger partial charge on any atom is 0.243 e. The van der Waals surface area contributed by atoms with E-state index in [9.17, 15) is 13.2 Å². The van der Waals surface area contributed by atoms with Crippen molar-refractivity contribution in [3.63, 3.8) is 0 Å². The van der Waals surface area contributed by atoms with E-state index in [1.165, 1.54) is 4.31 Å². The Balaban J connectivity index is 1.95. The van der Waals surface area contributed by atoms with Gasteiger partial charge in [-0.15, -0.1) is 0 Å². The Morgan fingerprint density at radius 3 is 2.35 bits per heavy atom. The maximum atomic E-state index is 12.9. The van der Waals surface area contributed by atoms with Crippen LogP contribution in [0.25, 0.3) is 0 Å². The van der Waals surface area contributed by atoms with Gasteiger partial charge in [0.15, 0.2) is 0 Å². The van der Waals surface area contributed by atoms with Gasteiger partial charge in [-0.2, -0.15) is 4.31 Å². The average Bonchev–Trinajstić information content (AvgIpc) is 3.08. The van der Waals surface area contributed by atoms with E-state index in [1.807, 2.05) is 19.9 Å². The van der Waals surface area contributed by atoms with Gasteiger partial charge in [-0.05, 0) is 43.9 Å². The second-order valence-corrected chi connectivity index (χ2v) is 9.02. The van der Waals surface area contributed by atoms with E-state index in [-0.39, 0.29) is 16.7 Å². The van der Waals surface area contributed by atoms with Crippen LogP contribution in [0.4, 0.5) is 11.4 Å². The van der Waals surface area contributed by atoms with Crippen LogP contribution in [0.3, 0.4) is 0 Å². The highest BCUT2D eigenvalue weighted by Gasteiger charge is 2.28. The minimum atomic E-state index is -3.55. The van der Waals surface area contributed by atoms with E-state index >= 15 is 0 Å². The minimum Gasteiger partial charge on any atom is -0.370 e. The fourth-order valence-electron chi connectivity index (χ4n) is 3.63. The van der Waals surface area contributed by atoms with Crippen molar-refractivity contribution in [1.29, 1.82) is 0 Å². The zero-order chi connectivity index (χ0) is 18.7. The molecule has 0 bridgehead atoms. The molecule has 7 heteroatoms. The third kappa shape index (κ3) is 3.74. The number of carbonyl (C=O) groups is 1. The monoisotopic (exact) mass is 379 g/mol. The quantitative estimate of drug-likeness (QED) is 0.790. The molecule has 1 aliphatic carbocycles. The molecule has 6 nitrogen and oxygen atoms in total. The van der Waals surface area contributed by atoms with Gasteiger partial charge < -0.3 is 10.2 Å². The number of sulfonamides is 1. The lowest BCUT2D eigenvalue weighted by Gasteiger charge is -2.27. The number of nitrogens with zero attached hydrogens (tertiary/aromatic N) is 2. The van der Waals surface area contributed by atoms with Crippen molar-refractivity contribution >= 4 is 27.3 Å². The molecule has 1 saturated carbocycles. The van der Waals surface area contributed by atoms with Gasteiger partial charge in [-0.1, -0.05) is 20.3 Å². The summed E-state index contributed by atoms with van der Waals surface area (Å²) in [6, 6.07) is 5.15. The Morgan fingerprint density at radius 1 is 1.15 bits per heavy atom. The van der Waals surface area contributed by atoms with Crippen LogP contribution >= 0.6 is 0 Å². The topological polar surface area (TPSA) is 69.7 Å². The maximum absolute atomic E-state index is 12.9. The number of benzene rings is 1. The highest BCUT2D eigenvalue weighted by molar-refractivity contribution is 7.89. The Bertz CT molecular complexity index is 749. The van der Waals surface area contributed by atoms with E-state index in [0.717, 1.165) is 50.9 Å². The third-order valence-electron chi connectivity index (χ3n) is 5.49. The number of rotatable bonds is 7. The molecule has 1 heterocycles. The molecule has 1 aliphatic heterocycles. The van der Waals surface area contributed by atoms with E-state index in [0.29, 0.717) is 18.8 Å². The molecule has 3 rings (SSSR count). The normalized spacial score (nSPS) is 18.2. The van der Waals surface area contributed by atoms with Crippen molar-refractivity contribution in [2.24, 2.45) is 5.92 Å². The first-order chi connectivity index (χ1) is 12.5. The molecule has 1 saturated heterocycles. The van der Waals surface area contributed by atoms with E-state index < -0.39 is 10.0 Å². The van der Waals surface area contributed by atoms with Crippen LogP contribution in [0, 0.1) is 5.92 Å². The number of anilines is 2. The van der Waals surface area contributed by atoms with Crippen molar-refractivity contribution in [2.45, 2.75) is 50.8 Å². The molecule has 0 unspecified atom stereocenters. The number of hydrogen-bond acceptors (Lipinski definition) is 4. The van der Waals surface area contributed by atoms with Crippen LogP contribution in [0.1, 0.15) is 46.0 Å². The Labute approximate surface area is 156 Å². The average molecular weight is 380 g/mol. The van der Waals surface area contributed by atoms with Gasteiger partial charge in [0.1, 0.15) is 0 Å². The van der Waals surface area contributed by atoms with Crippen LogP contribution in [-0.2, 0) is 14.8 Å². The van der Waals surface area contributed by atoms with Crippen molar-refractivity contribution < 1.29 is 13.2 Å². The summed E-state index contributed by atoms with van der Waals surface area (Å²) in [6.07, 6.45) is 5.17. The van der Waals surface area contributed by atoms with Gasteiger partial charge in [-0.25, -0.2) is 8.42 Å². The molecule has 1 aromatic rings. The molecule has 0 spiro atoms. The molecule has 144 valence electrons. The molecule has 0 aromatic heterocycles. The number of amides is 1. The molecular formula is C19H29N3O3S. The first kappa shape index (κ1) is 19.2. The Morgan fingerprint density at radius 2 is 1.81 bits per heavy atom. The van der Waals surface area contributed by atoms with Crippen molar-refractivity contribution in [3.8, 4) is 0 Å². The third-order valence-corrected chi connectivity index (χ3v) is 7.54. The fraction of sp³-hybridized carbons (Fsp3) is 0.632. The molecule has 1 amide bonds. The van der Waals surface area contributed by atoms with Crippen LogP contribution in [0.15, 0.2) is 23.1 Å². The summed E-state index contributed by atoms with van der Waals surface area (Å²) in [6.45, 7) is 6.40. The second-order valence-electron chi connectivity index (χ2n) is 7.08. The van der Waals surface area contributed by atoms with Crippen molar-refractivity contribution in [3.05, 3.63) is 18.2 Å². The molecule has 0 atom stereocenters. The molecular weight excluding hydrogens is 350 g/mol.